The Kier molecular flexibility index (Phi) is 4.24. The standard InChI is InChI=1S/C14H23N3/c1-3-15-13-5-4-6-14(17-13)16-12-9-7-11(2)8-10-12/h4-6,11-12H,3,7-10H2,1-2H3,(H2,15,16,17). The molecule has 1 aromatic heterocycles. The van der Waals surface area contributed by atoms with Crippen LogP contribution in [0.1, 0.15) is 39.5 Å². The molecule has 2 rings (SSSR count). The summed E-state index contributed by atoms with van der Waals surface area (Å²) in [6.07, 6.45) is 5.22. The van der Waals surface area contributed by atoms with Crippen LogP contribution < -0.4 is 10.6 Å². The third kappa shape index (κ3) is 3.62. The summed E-state index contributed by atoms with van der Waals surface area (Å²) >= 11 is 0. The molecule has 17 heavy (non-hydrogen) atoms. The number of aromatic nitrogens is 1. The lowest BCUT2D eigenvalue weighted by molar-refractivity contribution is 0.361. The van der Waals surface area contributed by atoms with Crippen LogP contribution in [-0.4, -0.2) is 17.6 Å². The van der Waals surface area contributed by atoms with E-state index in [0.717, 1.165) is 24.1 Å². The van der Waals surface area contributed by atoms with Gasteiger partial charge >= 0.3 is 0 Å². The summed E-state index contributed by atoms with van der Waals surface area (Å²) in [5.41, 5.74) is 0. The fourth-order valence-corrected chi connectivity index (χ4v) is 2.41. The topological polar surface area (TPSA) is 37.0 Å². The molecule has 1 aromatic rings. The first-order chi connectivity index (χ1) is 8.28. The summed E-state index contributed by atoms with van der Waals surface area (Å²) in [4.78, 5) is 4.55. The predicted molar refractivity (Wildman–Crippen MR) is 73.4 cm³/mol. The average Bonchev–Trinajstić information content (AvgIpc) is 2.33. The monoisotopic (exact) mass is 233 g/mol. The second-order valence-corrected chi connectivity index (χ2v) is 5.04. The molecule has 0 unspecified atom stereocenters. The van der Waals surface area contributed by atoms with Crippen LogP contribution in [0, 0.1) is 5.92 Å². The van der Waals surface area contributed by atoms with Crippen LogP contribution in [-0.2, 0) is 0 Å². The van der Waals surface area contributed by atoms with E-state index in [-0.39, 0.29) is 0 Å². The normalized spacial score (nSPS) is 24.4. The Balaban J connectivity index is 1.91. The number of pyridine rings is 1. The van der Waals surface area contributed by atoms with Crippen molar-refractivity contribution in [3.63, 3.8) is 0 Å². The minimum Gasteiger partial charge on any atom is -0.370 e. The fourth-order valence-electron chi connectivity index (χ4n) is 2.41. The molecule has 0 radical (unpaired) electrons. The van der Waals surface area contributed by atoms with E-state index in [1.165, 1.54) is 25.7 Å². The van der Waals surface area contributed by atoms with Crippen LogP contribution in [0.25, 0.3) is 0 Å². The molecule has 94 valence electrons. The van der Waals surface area contributed by atoms with E-state index in [1.54, 1.807) is 0 Å². The SMILES string of the molecule is CCNc1cccc(NC2CCC(C)CC2)n1. The summed E-state index contributed by atoms with van der Waals surface area (Å²) in [6.45, 7) is 5.35. The van der Waals surface area contributed by atoms with Gasteiger partial charge in [-0.15, -0.1) is 0 Å². The molecule has 2 N–H and O–H groups in total. The van der Waals surface area contributed by atoms with E-state index in [4.69, 9.17) is 0 Å². The third-order valence-corrected chi connectivity index (χ3v) is 3.47. The highest BCUT2D eigenvalue weighted by Crippen LogP contribution is 2.25. The van der Waals surface area contributed by atoms with Crippen molar-refractivity contribution < 1.29 is 0 Å². The molecule has 0 saturated heterocycles. The summed E-state index contributed by atoms with van der Waals surface area (Å²) < 4.78 is 0. The lowest BCUT2D eigenvalue weighted by Crippen LogP contribution is -2.25. The lowest BCUT2D eigenvalue weighted by atomic mass is 9.87. The van der Waals surface area contributed by atoms with Gasteiger partial charge in [0.05, 0.1) is 0 Å². The molecule has 0 spiro atoms. The van der Waals surface area contributed by atoms with Crippen LogP contribution in [0.5, 0.6) is 0 Å². The van der Waals surface area contributed by atoms with Crippen molar-refractivity contribution >= 4 is 11.6 Å². The molecule has 3 nitrogen and oxygen atoms in total. The number of hydrogen-bond acceptors (Lipinski definition) is 3. The van der Waals surface area contributed by atoms with Gasteiger partial charge < -0.3 is 10.6 Å². The molecule has 1 aliphatic carbocycles. The van der Waals surface area contributed by atoms with Crippen molar-refractivity contribution in [2.75, 3.05) is 17.2 Å². The molecule has 3 heteroatoms. The van der Waals surface area contributed by atoms with Gasteiger partial charge in [-0.25, -0.2) is 4.98 Å². The molecule has 1 fully saturated rings. The second-order valence-electron chi connectivity index (χ2n) is 5.04. The highest BCUT2D eigenvalue weighted by Gasteiger charge is 2.18. The summed E-state index contributed by atoms with van der Waals surface area (Å²) in [5, 5.41) is 6.79. The molecule has 1 aliphatic rings. The molecule has 1 saturated carbocycles. The maximum absolute atomic E-state index is 4.55. The zero-order valence-electron chi connectivity index (χ0n) is 10.9. The van der Waals surface area contributed by atoms with E-state index in [0.29, 0.717) is 6.04 Å². The van der Waals surface area contributed by atoms with Gasteiger partial charge in [0.1, 0.15) is 11.6 Å². The summed E-state index contributed by atoms with van der Waals surface area (Å²) in [6, 6.07) is 6.73. The van der Waals surface area contributed by atoms with Crippen molar-refractivity contribution in [3.8, 4) is 0 Å². The Bertz CT molecular complexity index is 343. The van der Waals surface area contributed by atoms with Gasteiger partial charge in [0.25, 0.3) is 0 Å². The van der Waals surface area contributed by atoms with Crippen molar-refractivity contribution in [2.45, 2.75) is 45.6 Å². The highest BCUT2D eigenvalue weighted by molar-refractivity contribution is 5.45. The minimum absolute atomic E-state index is 0.607. The van der Waals surface area contributed by atoms with Gasteiger partial charge in [-0.3, -0.25) is 0 Å². The third-order valence-electron chi connectivity index (χ3n) is 3.47. The maximum Gasteiger partial charge on any atom is 0.128 e. The summed E-state index contributed by atoms with van der Waals surface area (Å²) in [5.74, 6) is 2.86. The average molecular weight is 233 g/mol. The molecule has 0 aromatic carbocycles. The number of hydrogen-bond donors (Lipinski definition) is 2. The molecule has 0 amide bonds. The van der Waals surface area contributed by atoms with E-state index in [2.05, 4.69) is 41.6 Å². The van der Waals surface area contributed by atoms with Crippen LogP contribution in [0.2, 0.25) is 0 Å². The van der Waals surface area contributed by atoms with Crippen molar-refractivity contribution in [2.24, 2.45) is 5.92 Å². The van der Waals surface area contributed by atoms with Gasteiger partial charge in [0, 0.05) is 12.6 Å². The van der Waals surface area contributed by atoms with E-state index < -0.39 is 0 Å². The van der Waals surface area contributed by atoms with Gasteiger partial charge in [0.15, 0.2) is 0 Å². The van der Waals surface area contributed by atoms with Crippen LogP contribution >= 0.6 is 0 Å². The Morgan fingerprint density at radius 3 is 2.59 bits per heavy atom. The smallest absolute Gasteiger partial charge is 0.128 e. The maximum atomic E-state index is 4.55. The molecule has 0 aliphatic heterocycles. The number of nitrogens with zero attached hydrogens (tertiary/aromatic N) is 1. The van der Waals surface area contributed by atoms with E-state index in [1.807, 2.05) is 6.07 Å². The van der Waals surface area contributed by atoms with Gasteiger partial charge in [-0.05, 0) is 50.7 Å². The van der Waals surface area contributed by atoms with Crippen LogP contribution in [0.15, 0.2) is 18.2 Å². The highest BCUT2D eigenvalue weighted by atomic mass is 15.1. The van der Waals surface area contributed by atoms with Crippen LogP contribution in [0.4, 0.5) is 11.6 Å². The molecular formula is C14H23N3. The Labute approximate surface area is 104 Å². The van der Waals surface area contributed by atoms with Gasteiger partial charge in [-0.1, -0.05) is 13.0 Å². The largest absolute Gasteiger partial charge is 0.370 e. The molecule has 1 heterocycles. The first kappa shape index (κ1) is 12.2. The second kappa shape index (κ2) is 5.89. The Hall–Kier alpha value is -1.25. The van der Waals surface area contributed by atoms with E-state index >= 15 is 0 Å². The molecular weight excluding hydrogens is 210 g/mol. The minimum atomic E-state index is 0.607. The van der Waals surface area contributed by atoms with E-state index in [9.17, 15) is 0 Å². The van der Waals surface area contributed by atoms with Crippen molar-refractivity contribution in [1.82, 2.24) is 4.98 Å². The molecule has 0 atom stereocenters. The predicted octanol–water partition coefficient (Wildman–Crippen LogP) is 3.50. The number of nitrogens with one attached hydrogen (secondary N) is 2. The van der Waals surface area contributed by atoms with Crippen LogP contribution in [0.3, 0.4) is 0 Å². The number of anilines is 2. The first-order valence-electron chi connectivity index (χ1n) is 6.75. The Morgan fingerprint density at radius 1 is 1.18 bits per heavy atom. The molecule has 0 bridgehead atoms. The first-order valence-corrected chi connectivity index (χ1v) is 6.75. The fraction of sp³-hybridized carbons (Fsp3) is 0.643. The van der Waals surface area contributed by atoms with Crippen molar-refractivity contribution in [1.29, 1.82) is 0 Å². The summed E-state index contributed by atoms with van der Waals surface area (Å²) in [7, 11) is 0. The van der Waals surface area contributed by atoms with Gasteiger partial charge in [-0.2, -0.15) is 0 Å². The quantitative estimate of drug-likeness (QED) is 0.835. The zero-order chi connectivity index (χ0) is 12.1. The lowest BCUT2D eigenvalue weighted by Gasteiger charge is -2.27. The Morgan fingerprint density at radius 2 is 1.88 bits per heavy atom. The van der Waals surface area contributed by atoms with Gasteiger partial charge in [0.2, 0.25) is 0 Å². The van der Waals surface area contributed by atoms with Crippen molar-refractivity contribution in [3.05, 3.63) is 18.2 Å². The number of rotatable bonds is 4. The zero-order valence-corrected chi connectivity index (χ0v) is 10.9.